The van der Waals surface area contributed by atoms with Gasteiger partial charge in [0.1, 0.15) is 5.60 Å². The Bertz CT molecular complexity index is 258. The highest BCUT2D eigenvalue weighted by Gasteiger charge is 2.27. The first kappa shape index (κ1) is 14.7. The monoisotopic (exact) mass is 233 g/mol. The van der Waals surface area contributed by atoms with Gasteiger partial charge < -0.3 is 20.3 Å². The summed E-state index contributed by atoms with van der Waals surface area (Å²) < 4.78 is 4.95. The van der Waals surface area contributed by atoms with Crippen molar-refractivity contribution in [3.63, 3.8) is 0 Å². The second-order valence-electron chi connectivity index (χ2n) is 4.44. The smallest absolute Gasteiger partial charge is 0.407 e. The lowest BCUT2D eigenvalue weighted by molar-refractivity contribution is -0.148. The number of hydrogen-bond donors (Lipinski definition) is 3. The summed E-state index contributed by atoms with van der Waals surface area (Å²) in [5.41, 5.74) is -0.656. The Kier molecular flexibility index (Phi) is 5.23. The van der Waals surface area contributed by atoms with Crippen molar-refractivity contribution in [2.75, 3.05) is 0 Å². The van der Waals surface area contributed by atoms with Crippen LogP contribution in [-0.4, -0.2) is 40.0 Å². The zero-order valence-electron chi connectivity index (χ0n) is 9.98. The van der Waals surface area contributed by atoms with E-state index in [1.165, 1.54) is 0 Å². The number of amides is 1. The summed E-state index contributed by atoms with van der Waals surface area (Å²) in [5.74, 6) is -1.37. The molecule has 94 valence electrons. The molecule has 0 aromatic heterocycles. The summed E-state index contributed by atoms with van der Waals surface area (Å²) in [4.78, 5) is 21.8. The standard InChI is InChI=1S/C10H19NO5/c1-5-6(7(12)8(13)14)11-9(15)16-10(2,3)4/h6-7,12H,5H2,1-4H3,(H,11,15)(H,13,14)/t6?,7-/m0/s1. The molecule has 3 N–H and O–H groups in total. The van der Waals surface area contributed by atoms with Crippen LogP contribution in [0.5, 0.6) is 0 Å². The molecule has 0 spiro atoms. The summed E-state index contributed by atoms with van der Waals surface area (Å²) in [6.45, 7) is 6.75. The molecule has 0 saturated heterocycles. The van der Waals surface area contributed by atoms with Gasteiger partial charge in [0.2, 0.25) is 0 Å². The molecule has 0 aliphatic carbocycles. The van der Waals surface area contributed by atoms with Crippen LogP contribution in [0.4, 0.5) is 4.79 Å². The van der Waals surface area contributed by atoms with Gasteiger partial charge in [0.25, 0.3) is 0 Å². The first-order valence-electron chi connectivity index (χ1n) is 5.07. The van der Waals surface area contributed by atoms with Crippen molar-refractivity contribution in [3.05, 3.63) is 0 Å². The summed E-state index contributed by atoms with van der Waals surface area (Å²) in [6, 6.07) is -0.854. The van der Waals surface area contributed by atoms with E-state index < -0.39 is 29.8 Å². The Balaban J connectivity index is 4.33. The van der Waals surface area contributed by atoms with Crippen molar-refractivity contribution in [1.82, 2.24) is 5.32 Å². The molecule has 1 unspecified atom stereocenters. The number of hydrogen-bond acceptors (Lipinski definition) is 4. The van der Waals surface area contributed by atoms with Gasteiger partial charge in [0, 0.05) is 0 Å². The van der Waals surface area contributed by atoms with Crippen molar-refractivity contribution in [3.8, 4) is 0 Å². The summed E-state index contributed by atoms with van der Waals surface area (Å²) in [7, 11) is 0. The van der Waals surface area contributed by atoms with E-state index in [1.54, 1.807) is 27.7 Å². The molecule has 0 rings (SSSR count). The lowest BCUT2D eigenvalue weighted by atomic mass is 10.1. The molecule has 6 heteroatoms. The maximum absolute atomic E-state index is 11.3. The lowest BCUT2D eigenvalue weighted by Gasteiger charge is -2.24. The van der Waals surface area contributed by atoms with Crippen LogP contribution < -0.4 is 5.32 Å². The Labute approximate surface area is 94.6 Å². The van der Waals surface area contributed by atoms with Crippen LogP contribution in [0.25, 0.3) is 0 Å². The third-order valence-corrected chi connectivity index (χ3v) is 1.78. The molecule has 0 heterocycles. The third kappa shape index (κ3) is 5.55. The van der Waals surface area contributed by atoms with Crippen LogP contribution in [0, 0.1) is 0 Å². The van der Waals surface area contributed by atoms with Crippen LogP contribution in [-0.2, 0) is 9.53 Å². The highest BCUT2D eigenvalue weighted by Crippen LogP contribution is 2.08. The largest absolute Gasteiger partial charge is 0.479 e. The summed E-state index contributed by atoms with van der Waals surface area (Å²) in [5, 5.41) is 20.2. The fraction of sp³-hybridized carbons (Fsp3) is 0.800. The molecule has 2 atom stereocenters. The predicted molar refractivity (Wildman–Crippen MR) is 57.1 cm³/mol. The van der Waals surface area contributed by atoms with E-state index in [0.29, 0.717) is 6.42 Å². The molecule has 6 nitrogen and oxygen atoms in total. The van der Waals surface area contributed by atoms with Crippen LogP contribution in [0.1, 0.15) is 34.1 Å². The van der Waals surface area contributed by atoms with Gasteiger partial charge in [-0.1, -0.05) is 6.92 Å². The lowest BCUT2D eigenvalue weighted by Crippen LogP contribution is -2.48. The van der Waals surface area contributed by atoms with Gasteiger partial charge in [-0.3, -0.25) is 0 Å². The maximum atomic E-state index is 11.3. The highest BCUT2D eigenvalue weighted by atomic mass is 16.6. The van der Waals surface area contributed by atoms with Gasteiger partial charge in [0.05, 0.1) is 6.04 Å². The fourth-order valence-electron chi connectivity index (χ4n) is 1.04. The number of carboxylic acids is 1. The second kappa shape index (κ2) is 5.69. The Hall–Kier alpha value is -1.30. The number of carbonyl (C=O) groups is 2. The van der Waals surface area contributed by atoms with E-state index in [2.05, 4.69) is 5.32 Å². The number of nitrogens with one attached hydrogen (secondary N) is 1. The number of carboxylic acid groups (broad SMARTS) is 1. The van der Waals surface area contributed by atoms with E-state index in [1.807, 2.05) is 0 Å². The predicted octanol–water partition coefficient (Wildman–Crippen LogP) is 0.735. The molecule has 1 amide bonds. The van der Waals surface area contributed by atoms with Crippen LogP contribution in [0.3, 0.4) is 0 Å². The molecule has 0 aliphatic rings. The zero-order valence-corrected chi connectivity index (χ0v) is 9.98. The first-order chi connectivity index (χ1) is 7.17. The number of aliphatic hydroxyl groups is 1. The Morgan fingerprint density at radius 3 is 2.19 bits per heavy atom. The number of carbonyl (C=O) groups excluding carboxylic acids is 1. The normalized spacial score (nSPS) is 15.1. The molecule has 0 bridgehead atoms. The average Bonchev–Trinajstić information content (AvgIpc) is 2.09. The van der Waals surface area contributed by atoms with Crippen LogP contribution in [0.2, 0.25) is 0 Å². The summed E-state index contributed by atoms with van der Waals surface area (Å²) >= 11 is 0. The van der Waals surface area contributed by atoms with Gasteiger partial charge in [-0.15, -0.1) is 0 Å². The van der Waals surface area contributed by atoms with Crippen molar-refractivity contribution in [1.29, 1.82) is 0 Å². The number of alkyl carbamates (subject to hydrolysis) is 1. The van der Waals surface area contributed by atoms with Gasteiger partial charge in [-0.2, -0.15) is 0 Å². The molecule has 0 saturated carbocycles. The summed E-state index contributed by atoms with van der Waals surface area (Å²) in [6.07, 6.45) is -2.07. The SMILES string of the molecule is CCC(NC(=O)OC(C)(C)C)[C@H](O)C(=O)O. The molecule has 0 aromatic carbocycles. The fourth-order valence-corrected chi connectivity index (χ4v) is 1.04. The van der Waals surface area contributed by atoms with Crippen molar-refractivity contribution >= 4 is 12.1 Å². The third-order valence-electron chi connectivity index (χ3n) is 1.78. The minimum atomic E-state index is -1.63. The Morgan fingerprint density at radius 1 is 1.38 bits per heavy atom. The van der Waals surface area contributed by atoms with E-state index >= 15 is 0 Å². The number of aliphatic hydroxyl groups excluding tert-OH is 1. The quantitative estimate of drug-likeness (QED) is 0.665. The van der Waals surface area contributed by atoms with E-state index in [-0.39, 0.29) is 0 Å². The van der Waals surface area contributed by atoms with Gasteiger partial charge in [-0.25, -0.2) is 9.59 Å². The topological polar surface area (TPSA) is 95.9 Å². The maximum Gasteiger partial charge on any atom is 0.407 e. The number of rotatable bonds is 4. The molecule has 0 aromatic rings. The van der Waals surface area contributed by atoms with E-state index in [9.17, 15) is 14.7 Å². The van der Waals surface area contributed by atoms with E-state index in [4.69, 9.17) is 9.84 Å². The van der Waals surface area contributed by atoms with Crippen LogP contribution in [0.15, 0.2) is 0 Å². The minimum Gasteiger partial charge on any atom is -0.479 e. The average molecular weight is 233 g/mol. The second-order valence-corrected chi connectivity index (χ2v) is 4.44. The minimum absolute atomic E-state index is 0.298. The molecule has 0 aliphatic heterocycles. The van der Waals surface area contributed by atoms with E-state index in [0.717, 1.165) is 0 Å². The van der Waals surface area contributed by atoms with Gasteiger partial charge >= 0.3 is 12.1 Å². The van der Waals surface area contributed by atoms with Crippen molar-refractivity contribution < 1.29 is 24.5 Å². The molecule has 16 heavy (non-hydrogen) atoms. The zero-order chi connectivity index (χ0) is 12.9. The molecule has 0 fully saturated rings. The highest BCUT2D eigenvalue weighted by molar-refractivity contribution is 5.75. The first-order valence-corrected chi connectivity index (χ1v) is 5.07. The van der Waals surface area contributed by atoms with Crippen LogP contribution >= 0.6 is 0 Å². The van der Waals surface area contributed by atoms with Crippen molar-refractivity contribution in [2.45, 2.75) is 51.9 Å². The number of ether oxygens (including phenoxy) is 1. The van der Waals surface area contributed by atoms with Gasteiger partial charge in [-0.05, 0) is 27.2 Å². The molecular weight excluding hydrogens is 214 g/mol. The Morgan fingerprint density at radius 2 is 1.88 bits per heavy atom. The molecular formula is C10H19NO5. The van der Waals surface area contributed by atoms with Gasteiger partial charge in [0.15, 0.2) is 6.10 Å². The van der Waals surface area contributed by atoms with Crippen molar-refractivity contribution in [2.24, 2.45) is 0 Å². The molecule has 0 radical (unpaired) electrons. The number of aliphatic carboxylic acids is 1.